The number of aromatic nitrogens is 1. The number of aromatic amines is 1. The number of hydrogen-bond donors (Lipinski definition) is 2. The van der Waals surface area contributed by atoms with Crippen molar-refractivity contribution in [1.82, 2.24) is 10.3 Å². The molecule has 25 heavy (non-hydrogen) atoms. The maximum absolute atomic E-state index is 9.16. The monoisotopic (exact) mass is 364 g/mol. The predicted molar refractivity (Wildman–Crippen MR) is 101 cm³/mol. The van der Waals surface area contributed by atoms with Gasteiger partial charge in [0, 0.05) is 40.1 Å². The lowest BCUT2D eigenvalue weighted by atomic mass is 10.1. The first-order chi connectivity index (χ1) is 12.2. The first-order valence-corrected chi connectivity index (χ1v) is 9.23. The van der Waals surface area contributed by atoms with Gasteiger partial charge in [0.15, 0.2) is 0 Å². The van der Waals surface area contributed by atoms with Crippen LogP contribution in [0, 0.1) is 16.0 Å². The number of nitrogens with one attached hydrogen (secondary N) is 2. The lowest BCUT2D eigenvalue weighted by Gasteiger charge is -2.34. The highest BCUT2D eigenvalue weighted by atomic mass is 32.1. The largest absolute Gasteiger partial charge is 0.380 e. The average molecular weight is 365 g/mol. The Hall–Kier alpha value is -1.46. The van der Waals surface area contributed by atoms with Crippen LogP contribution in [0.3, 0.4) is 0 Å². The topological polar surface area (TPSA) is 73.3 Å². The molecule has 2 atom stereocenters. The molecule has 2 fully saturated rings. The standard InChI is InChI=1S/C12H15N3OS.C6H13NO/c1-16-9-3-2-6-15(8-9)11-4-5-14-12(17)10(11)7-13;1-8-6-3-2-4-7-5-6/h4-5,9H,2-3,6,8H2,1H3,(H,14,17);6-7H,2-5H2,1H3. The molecule has 2 saturated heterocycles. The summed E-state index contributed by atoms with van der Waals surface area (Å²) in [5.41, 5.74) is 1.47. The van der Waals surface area contributed by atoms with Gasteiger partial charge >= 0.3 is 0 Å². The summed E-state index contributed by atoms with van der Waals surface area (Å²) in [6.07, 6.45) is 7.15. The minimum atomic E-state index is 0.244. The molecule has 1 aromatic heterocycles. The molecule has 2 N–H and O–H groups in total. The number of H-pyrrole nitrogens is 1. The van der Waals surface area contributed by atoms with Crippen LogP contribution >= 0.6 is 12.2 Å². The maximum Gasteiger partial charge on any atom is 0.123 e. The molecule has 2 unspecified atom stereocenters. The van der Waals surface area contributed by atoms with Gasteiger partial charge in [-0.05, 0) is 38.3 Å². The van der Waals surface area contributed by atoms with Crippen LogP contribution in [-0.4, -0.2) is 57.6 Å². The highest BCUT2D eigenvalue weighted by molar-refractivity contribution is 7.71. The molecule has 1 aromatic rings. The SMILES string of the molecule is COC1CCCN(c2cc[nH]c(=S)c2C#N)C1.COC1CCCNC1. The van der Waals surface area contributed by atoms with E-state index in [2.05, 4.69) is 21.3 Å². The Bertz CT molecular complexity index is 622. The van der Waals surface area contributed by atoms with Crippen LogP contribution in [0.4, 0.5) is 5.69 Å². The van der Waals surface area contributed by atoms with E-state index in [9.17, 15) is 0 Å². The fourth-order valence-electron chi connectivity index (χ4n) is 3.21. The van der Waals surface area contributed by atoms with Gasteiger partial charge in [0.05, 0.1) is 17.9 Å². The van der Waals surface area contributed by atoms with Gasteiger partial charge in [-0.2, -0.15) is 5.26 Å². The van der Waals surface area contributed by atoms with Gasteiger partial charge < -0.3 is 24.7 Å². The third-order valence-electron chi connectivity index (χ3n) is 4.69. The van der Waals surface area contributed by atoms with Crippen molar-refractivity contribution in [3.8, 4) is 6.07 Å². The van der Waals surface area contributed by atoms with Gasteiger partial charge in [-0.15, -0.1) is 0 Å². The molecule has 6 nitrogen and oxygen atoms in total. The van der Waals surface area contributed by atoms with Crippen molar-refractivity contribution in [3.05, 3.63) is 22.5 Å². The summed E-state index contributed by atoms with van der Waals surface area (Å²) in [6.45, 7) is 3.98. The van der Waals surface area contributed by atoms with E-state index in [-0.39, 0.29) is 6.10 Å². The second kappa shape index (κ2) is 10.5. The van der Waals surface area contributed by atoms with Crippen molar-refractivity contribution < 1.29 is 9.47 Å². The van der Waals surface area contributed by atoms with Crippen LogP contribution in [0.25, 0.3) is 0 Å². The smallest absolute Gasteiger partial charge is 0.123 e. The van der Waals surface area contributed by atoms with Crippen molar-refractivity contribution in [2.45, 2.75) is 37.9 Å². The van der Waals surface area contributed by atoms with Crippen LogP contribution in [0.5, 0.6) is 0 Å². The summed E-state index contributed by atoms with van der Waals surface area (Å²) in [7, 11) is 3.51. The third-order valence-corrected chi connectivity index (χ3v) is 5.01. The Balaban J connectivity index is 0.000000236. The number of pyridine rings is 1. The van der Waals surface area contributed by atoms with E-state index in [1.54, 1.807) is 20.4 Å². The molecule has 3 heterocycles. The van der Waals surface area contributed by atoms with Gasteiger partial charge in [-0.25, -0.2) is 0 Å². The van der Waals surface area contributed by atoms with Gasteiger partial charge in [0.2, 0.25) is 0 Å². The van der Waals surface area contributed by atoms with Crippen LogP contribution in [0.15, 0.2) is 12.3 Å². The van der Waals surface area contributed by atoms with Crippen molar-refractivity contribution in [3.63, 3.8) is 0 Å². The van der Waals surface area contributed by atoms with E-state index in [1.807, 2.05) is 6.07 Å². The molecular weight excluding hydrogens is 336 g/mol. The van der Waals surface area contributed by atoms with E-state index in [4.69, 9.17) is 27.0 Å². The van der Waals surface area contributed by atoms with Gasteiger partial charge in [0.1, 0.15) is 16.3 Å². The van der Waals surface area contributed by atoms with Crippen LogP contribution < -0.4 is 10.2 Å². The van der Waals surface area contributed by atoms with E-state index >= 15 is 0 Å². The van der Waals surface area contributed by atoms with E-state index < -0.39 is 0 Å². The Kier molecular flexibility index (Phi) is 8.35. The number of ether oxygens (including phenoxy) is 2. The molecule has 138 valence electrons. The summed E-state index contributed by atoms with van der Waals surface area (Å²) in [6, 6.07) is 4.09. The molecular formula is C18H28N4O2S. The van der Waals surface area contributed by atoms with Crippen molar-refractivity contribution in [1.29, 1.82) is 5.26 Å². The minimum absolute atomic E-state index is 0.244. The Morgan fingerprint density at radius 3 is 2.60 bits per heavy atom. The van der Waals surface area contributed by atoms with Gasteiger partial charge in [-0.1, -0.05) is 12.2 Å². The van der Waals surface area contributed by atoms with E-state index in [0.717, 1.165) is 38.2 Å². The van der Waals surface area contributed by atoms with Gasteiger partial charge in [-0.3, -0.25) is 0 Å². The van der Waals surface area contributed by atoms with Crippen LogP contribution in [0.1, 0.15) is 31.2 Å². The Morgan fingerprint density at radius 2 is 2.00 bits per heavy atom. The number of nitrogens with zero attached hydrogens (tertiary/aromatic N) is 2. The van der Waals surface area contributed by atoms with E-state index in [0.29, 0.717) is 16.3 Å². The molecule has 0 aliphatic carbocycles. The molecule has 0 saturated carbocycles. The fourth-order valence-corrected chi connectivity index (χ4v) is 3.43. The van der Waals surface area contributed by atoms with Crippen LogP contribution in [0.2, 0.25) is 0 Å². The molecule has 0 amide bonds. The number of anilines is 1. The average Bonchev–Trinajstić information content (AvgIpc) is 2.69. The maximum atomic E-state index is 9.16. The highest BCUT2D eigenvalue weighted by Gasteiger charge is 2.21. The normalized spacial score (nSPS) is 23.3. The second-order valence-corrected chi connectivity index (χ2v) is 6.74. The molecule has 0 bridgehead atoms. The molecule has 2 aliphatic rings. The summed E-state index contributed by atoms with van der Waals surface area (Å²) in [5, 5.41) is 12.4. The number of piperidine rings is 2. The molecule has 3 rings (SSSR count). The number of rotatable bonds is 3. The molecule has 0 radical (unpaired) electrons. The summed E-state index contributed by atoms with van der Waals surface area (Å²) >= 11 is 5.13. The minimum Gasteiger partial charge on any atom is -0.380 e. The number of nitriles is 1. The quantitative estimate of drug-likeness (QED) is 0.803. The summed E-state index contributed by atoms with van der Waals surface area (Å²) < 4.78 is 11.0. The zero-order chi connectivity index (χ0) is 18.1. The lowest BCUT2D eigenvalue weighted by Crippen LogP contribution is -2.39. The molecule has 2 aliphatic heterocycles. The van der Waals surface area contributed by atoms with Crippen LogP contribution in [-0.2, 0) is 9.47 Å². The zero-order valence-electron chi connectivity index (χ0n) is 15.1. The first-order valence-electron chi connectivity index (χ1n) is 8.82. The Labute approximate surface area is 155 Å². The third kappa shape index (κ3) is 5.79. The van der Waals surface area contributed by atoms with Crippen molar-refractivity contribution >= 4 is 17.9 Å². The predicted octanol–water partition coefficient (Wildman–Crippen LogP) is 2.62. The van der Waals surface area contributed by atoms with Crippen molar-refractivity contribution in [2.75, 3.05) is 45.3 Å². The summed E-state index contributed by atoms with van der Waals surface area (Å²) in [4.78, 5) is 5.07. The number of hydrogen-bond acceptors (Lipinski definition) is 6. The van der Waals surface area contributed by atoms with E-state index in [1.165, 1.54) is 19.4 Å². The summed E-state index contributed by atoms with van der Waals surface area (Å²) in [5.74, 6) is 0. The molecule has 0 spiro atoms. The highest BCUT2D eigenvalue weighted by Crippen LogP contribution is 2.24. The zero-order valence-corrected chi connectivity index (χ0v) is 15.9. The van der Waals surface area contributed by atoms with Gasteiger partial charge in [0.25, 0.3) is 0 Å². The van der Waals surface area contributed by atoms with Crippen molar-refractivity contribution in [2.24, 2.45) is 0 Å². The first kappa shape index (κ1) is 19.9. The molecule has 0 aromatic carbocycles. The Morgan fingerprint density at radius 1 is 1.24 bits per heavy atom. The number of methoxy groups -OCH3 is 2. The fraction of sp³-hybridized carbons (Fsp3) is 0.667. The molecule has 7 heteroatoms. The lowest BCUT2D eigenvalue weighted by molar-refractivity contribution is 0.0810. The second-order valence-electron chi connectivity index (χ2n) is 6.33.